The van der Waals surface area contributed by atoms with Gasteiger partial charge in [-0.1, -0.05) is 19.8 Å². The van der Waals surface area contributed by atoms with Crippen molar-refractivity contribution in [3.05, 3.63) is 0 Å². The average molecular weight is 226 g/mol. The van der Waals surface area contributed by atoms with Crippen LogP contribution in [0.5, 0.6) is 0 Å². The van der Waals surface area contributed by atoms with E-state index >= 15 is 0 Å². The van der Waals surface area contributed by atoms with Crippen molar-refractivity contribution < 1.29 is 18.0 Å². The van der Waals surface area contributed by atoms with Crippen molar-refractivity contribution in [1.29, 1.82) is 0 Å². The topological polar surface area (TPSA) is 46.3 Å². The quantitative estimate of drug-likeness (QED) is 0.698. The predicted octanol–water partition coefficient (Wildman–Crippen LogP) is 1.53. The third-order valence-electron chi connectivity index (χ3n) is 1.96. The maximum absolute atomic E-state index is 12.1. The smallest absolute Gasteiger partial charge is 0.334 e. The Bertz CT molecular complexity index is 194. The molecule has 0 saturated carbocycles. The standard InChI is InChI=1S/C9H17F3N2O/c1-2-3-4-6-14(7-5-13)8(15)9(10,11)12/h2-7,13H2,1H3. The van der Waals surface area contributed by atoms with Crippen molar-refractivity contribution in [2.24, 2.45) is 5.73 Å². The highest BCUT2D eigenvalue weighted by Gasteiger charge is 2.41. The Labute approximate surface area is 87.4 Å². The molecular formula is C9H17F3N2O. The summed E-state index contributed by atoms with van der Waals surface area (Å²) >= 11 is 0. The molecule has 90 valence electrons. The van der Waals surface area contributed by atoms with Gasteiger partial charge in [-0.25, -0.2) is 0 Å². The van der Waals surface area contributed by atoms with Gasteiger partial charge in [0.1, 0.15) is 0 Å². The molecule has 0 aromatic carbocycles. The van der Waals surface area contributed by atoms with Crippen LogP contribution < -0.4 is 5.73 Å². The van der Waals surface area contributed by atoms with Crippen molar-refractivity contribution in [3.63, 3.8) is 0 Å². The fourth-order valence-electron chi connectivity index (χ4n) is 1.20. The van der Waals surface area contributed by atoms with Gasteiger partial charge >= 0.3 is 12.1 Å². The van der Waals surface area contributed by atoms with Crippen LogP contribution >= 0.6 is 0 Å². The highest BCUT2D eigenvalue weighted by molar-refractivity contribution is 5.81. The molecule has 0 spiro atoms. The number of nitrogens with two attached hydrogens (primary N) is 1. The van der Waals surface area contributed by atoms with Gasteiger partial charge in [-0.15, -0.1) is 0 Å². The van der Waals surface area contributed by atoms with E-state index in [0.29, 0.717) is 6.42 Å². The van der Waals surface area contributed by atoms with E-state index in [9.17, 15) is 18.0 Å². The van der Waals surface area contributed by atoms with E-state index in [0.717, 1.165) is 17.7 Å². The van der Waals surface area contributed by atoms with E-state index in [1.165, 1.54) is 0 Å². The SMILES string of the molecule is CCCCCN(CCN)C(=O)C(F)(F)F. The van der Waals surface area contributed by atoms with Crippen LogP contribution in [0.25, 0.3) is 0 Å². The number of amides is 1. The lowest BCUT2D eigenvalue weighted by atomic mass is 10.2. The molecule has 3 nitrogen and oxygen atoms in total. The number of rotatable bonds is 6. The molecule has 0 aliphatic heterocycles. The first-order valence-electron chi connectivity index (χ1n) is 4.99. The molecule has 2 N–H and O–H groups in total. The normalized spacial score (nSPS) is 11.5. The van der Waals surface area contributed by atoms with Gasteiger partial charge in [0, 0.05) is 19.6 Å². The van der Waals surface area contributed by atoms with Gasteiger partial charge in [0.25, 0.3) is 0 Å². The average Bonchev–Trinajstić information content (AvgIpc) is 2.14. The highest BCUT2D eigenvalue weighted by atomic mass is 19.4. The molecule has 0 aromatic rings. The third kappa shape index (κ3) is 5.61. The first-order valence-corrected chi connectivity index (χ1v) is 4.99. The molecule has 0 aromatic heterocycles. The summed E-state index contributed by atoms with van der Waals surface area (Å²) in [6, 6.07) is 0. The third-order valence-corrected chi connectivity index (χ3v) is 1.96. The largest absolute Gasteiger partial charge is 0.471 e. The maximum atomic E-state index is 12.1. The van der Waals surface area contributed by atoms with Crippen molar-refractivity contribution in [2.75, 3.05) is 19.6 Å². The molecular weight excluding hydrogens is 209 g/mol. The lowest BCUT2D eigenvalue weighted by molar-refractivity contribution is -0.185. The maximum Gasteiger partial charge on any atom is 0.471 e. The molecule has 6 heteroatoms. The monoisotopic (exact) mass is 226 g/mol. The van der Waals surface area contributed by atoms with Gasteiger partial charge in [-0.05, 0) is 6.42 Å². The molecule has 0 radical (unpaired) electrons. The number of hydrogen-bond acceptors (Lipinski definition) is 2. The van der Waals surface area contributed by atoms with Crippen LogP contribution in [0, 0.1) is 0 Å². The lowest BCUT2D eigenvalue weighted by Crippen LogP contribution is -2.44. The van der Waals surface area contributed by atoms with E-state index in [2.05, 4.69) is 0 Å². The van der Waals surface area contributed by atoms with Crippen molar-refractivity contribution in [3.8, 4) is 0 Å². The van der Waals surface area contributed by atoms with E-state index in [-0.39, 0.29) is 19.6 Å². The van der Waals surface area contributed by atoms with Gasteiger partial charge in [0.05, 0.1) is 0 Å². The Morgan fingerprint density at radius 2 is 1.87 bits per heavy atom. The molecule has 0 rings (SSSR count). The van der Waals surface area contributed by atoms with Gasteiger partial charge in [0.2, 0.25) is 0 Å². The van der Waals surface area contributed by atoms with Crippen LogP contribution in [-0.4, -0.2) is 36.6 Å². The molecule has 0 saturated heterocycles. The molecule has 0 heterocycles. The zero-order chi connectivity index (χ0) is 11.9. The lowest BCUT2D eigenvalue weighted by Gasteiger charge is -2.22. The molecule has 0 fully saturated rings. The molecule has 0 bridgehead atoms. The number of carbonyl (C=O) groups is 1. The zero-order valence-electron chi connectivity index (χ0n) is 8.81. The highest BCUT2D eigenvalue weighted by Crippen LogP contribution is 2.18. The Morgan fingerprint density at radius 1 is 1.27 bits per heavy atom. The molecule has 0 aliphatic rings. The number of halogens is 3. The number of nitrogens with zero attached hydrogens (tertiary/aromatic N) is 1. The van der Waals surface area contributed by atoms with Crippen LogP contribution in [0.15, 0.2) is 0 Å². The van der Waals surface area contributed by atoms with E-state index in [1.807, 2.05) is 6.92 Å². The Kier molecular flexibility index (Phi) is 6.31. The molecule has 0 unspecified atom stereocenters. The Hall–Kier alpha value is -0.780. The fourth-order valence-corrected chi connectivity index (χ4v) is 1.20. The van der Waals surface area contributed by atoms with Crippen molar-refractivity contribution >= 4 is 5.91 Å². The van der Waals surface area contributed by atoms with Crippen LogP contribution in [0.1, 0.15) is 26.2 Å². The predicted molar refractivity (Wildman–Crippen MR) is 51.2 cm³/mol. The summed E-state index contributed by atoms with van der Waals surface area (Å²) in [4.78, 5) is 11.7. The summed E-state index contributed by atoms with van der Waals surface area (Å²) in [6.07, 6.45) is -2.50. The Morgan fingerprint density at radius 3 is 2.27 bits per heavy atom. The summed E-state index contributed by atoms with van der Waals surface area (Å²) in [5, 5.41) is 0. The first-order chi connectivity index (χ1) is 6.93. The van der Waals surface area contributed by atoms with E-state index in [4.69, 9.17) is 5.73 Å². The summed E-state index contributed by atoms with van der Waals surface area (Å²) in [6.45, 7) is 2.08. The van der Waals surface area contributed by atoms with Crippen LogP contribution in [0.3, 0.4) is 0 Å². The molecule has 0 atom stereocenters. The number of unbranched alkanes of at least 4 members (excludes halogenated alkanes) is 2. The van der Waals surface area contributed by atoms with Gasteiger partial charge < -0.3 is 10.6 Å². The van der Waals surface area contributed by atoms with E-state index in [1.54, 1.807) is 0 Å². The summed E-state index contributed by atoms with van der Waals surface area (Å²) in [7, 11) is 0. The minimum Gasteiger partial charge on any atom is -0.334 e. The van der Waals surface area contributed by atoms with Crippen LogP contribution in [0.4, 0.5) is 13.2 Å². The second-order valence-electron chi connectivity index (χ2n) is 3.29. The first kappa shape index (κ1) is 14.2. The molecule has 15 heavy (non-hydrogen) atoms. The van der Waals surface area contributed by atoms with Gasteiger partial charge in [-0.3, -0.25) is 4.79 Å². The Balaban J connectivity index is 4.19. The second kappa shape index (κ2) is 6.66. The summed E-state index contributed by atoms with van der Waals surface area (Å²) in [5.74, 6) is -1.79. The summed E-state index contributed by atoms with van der Waals surface area (Å²) < 4.78 is 36.3. The minimum absolute atomic E-state index is 0.0396. The van der Waals surface area contributed by atoms with Crippen molar-refractivity contribution in [2.45, 2.75) is 32.4 Å². The molecule has 1 amide bonds. The van der Waals surface area contributed by atoms with E-state index < -0.39 is 12.1 Å². The number of alkyl halides is 3. The van der Waals surface area contributed by atoms with Crippen LogP contribution in [0.2, 0.25) is 0 Å². The van der Waals surface area contributed by atoms with Crippen LogP contribution in [-0.2, 0) is 4.79 Å². The number of hydrogen-bond donors (Lipinski definition) is 1. The molecule has 0 aliphatic carbocycles. The minimum atomic E-state index is -4.79. The fraction of sp³-hybridized carbons (Fsp3) is 0.889. The second-order valence-corrected chi connectivity index (χ2v) is 3.29. The van der Waals surface area contributed by atoms with Crippen molar-refractivity contribution in [1.82, 2.24) is 4.90 Å². The van der Waals surface area contributed by atoms with Gasteiger partial charge in [0.15, 0.2) is 0 Å². The zero-order valence-corrected chi connectivity index (χ0v) is 8.81. The summed E-state index contributed by atoms with van der Waals surface area (Å²) in [5.41, 5.74) is 5.15. The van der Waals surface area contributed by atoms with Gasteiger partial charge in [-0.2, -0.15) is 13.2 Å². The number of carbonyl (C=O) groups excluding carboxylic acids is 1.